The molecule has 1 atom stereocenters. The maximum Gasteiger partial charge on any atom is 0.230 e. The van der Waals surface area contributed by atoms with E-state index >= 15 is 0 Å². The van der Waals surface area contributed by atoms with Gasteiger partial charge in [0.25, 0.3) is 0 Å². The average Bonchev–Trinajstić information content (AvgIpc) is 2.58. The van der Waals surface area contributed by atoms with Crippen LogP contribution in [0.2, 0.25) is 0 Å². The predicted molar refractivity (Wildman–Crippen MR) is 46.3 cm³/mol. The van der Waals surface area contributed by atoms with Crippen molar-refractivity contribution in [2.45, 2.75) is 19.4 Å². The van der Waals surface area contributed by atoms with Gasteiger partial charge in [-0.25, -0.2) is 0 Å². The third-order valence-electron chi connectivity index (χ3n) is 2.07. The number of nitrogens with zero attached hydrogens (tertiary/aromatic N) is 2. The van der Waals surface area contributed by atoms with Crippen molar-refractivity contribution >= 4 is 11.7 Å². The molecule has 0 spiro atoms. The molecule has 2 N–H and O–H groups in total. The fourth-order valence-electron chi connectivity index (χ4n) is 1.45. The van der Waals surface area contributed by atoms with Gasteiger partial charge in [-0.1, -0.05) is 0 Å². The van der Waals surface area contributed by atoms with Crippen LogP contribution < -0.4 is 4.90 Å². The Labute approximate surface area is 75.4 Å². The molecule has 1 aliphatic rings. The first-order valence-corrected chi connectivity index (χ1v) is 4.17. The van der Waals surface area contributed by atoms with Crippen LogP contribution in [-0.4, -0.2) is 33.9 Å². The summed E-state index contributed by atoms with van der Waals surface area (Å²) < 4.78 is 0. The molecule has 1 aliphatic heterocycles. The van der Waals surface area contributed by atoms with Crippen molar-refractivity contribution in [3.8, 4) is 0 Å². The van der Waals surface area contributed by atoms with Crippen LogP contribution in [-0.2, 0) is 4.79 Å². The van der Waals surface area contributed by atoms with Crippen LogP contribution in [0.4, 0.5) is 5.82 Å². The van der Waals surface area contributed by atoms with Gasteiger partial charge in [-0.3, -0.25) is 14.8 Å². The molecule has 1 aromatic heterocycles. The molecule has 13 heavy (non-hydrogen) atoms. The van der Waals surface area contributed by atoms with Gasteiger partial charge in [0.1, 0.15) is 0 Å². The van der Waals surface area contributed by atoms with Crippen molar-refractivity contribution < 1.29 is 9.90 Å². The van der Waals surface area contributed by atoms with E-state index in [-0.39, 0.29) is 12.3 Å². The van der Waals surface area contributed by atoms with Gasteiger partial charge in [0, 0.05) is 11.8 Å². The molecular weight excluding hydrogens is 170 g/mol. The first-order chi connectivity index (χ1) is 6.16. The molecule has 5 heteroatoms. The lowest BCUT2D eigenvalue weighted by molar-refractivity contribution is -0.117. The monoisotopic (exact) mass is 181 g/mol. The number of H-pyrrole nitrogens is 1. The number of carbonyl (C=O) groups is 1. The van der Waals surface area contributed by atoms with Gasteiger partial charge in [0.2, 0.25) is 5.91 Å². The van der Waals surface area contributed by atoms with E-state index in [0.717, 1.165) is 5.69 Å². The first-order valence-electron chi connectivity index (χ1n) is 4.17. The number of hydrogen-bond acceptors (Lipinski definition) is 3. The smallest absolute Gasteiger partial charge is 0.230 e. The van der Waals surface area contributed by atoms with E-state index in [1.54, 1.807) is 6.07 Å². The zero-order chi connectivity index (χ0) is 9.42. The molecule has 2 rings (SSSR count). The number of carbonyl (C=O) groups excluding carboxylic acids is 1. The molecule has 1 saturated heterocycles. The van der Waals surface area contributed by atoms with Crippen molar-refractivity contribution in [3.05, 3.63) is 11.8 Å². The number of aromatic nitrogens is 2. The fourth-order valence-corrected chi connectivity index (χ4v) is 1.45. The summed E-state index contributed by atoms with van der Waals surface area (Å²) in [5, 5.41) is 15.9. The number of anilines is 1. The van der Waals surface area contributed by atoms with Gasteiger partial charge >= 0.3 is 0 Å². The number of aromatic amines is 1. The number of amides is 1. The summed E-state index contributed by atoms with van der Waals surface area (Å²) in [6.45, 7) is 2.22. The highest BCUT2D eigenvalue weighted by atomic mass is 16.3. The summed E-state index contributed by atoms with van der Waals surface area (Å²) in [5.74, 6) is 0.526. The molecule has 2 heterocycles. The largest absolute Gasteiger partial charge is 0.391 e. The van der Waals surface area contributed by atoms with Gasteiger partial charge in [0.05, 0.1) is 19.1 Å². The average molecular weight is 181 g/mol. The van der Waals surface area contributed by atoms with E-state index in [1.165, 1.54) is 4.90 Å². The molecular formula is C8H11N3O2. The minimum absolute atomic E-state index is 0.0704. The number of aliphatic hydroxyl groups excluding tert-OH is 1. The van der Waals surface area contributed by atoms with E-state index < -0.39 is 6.10 Å². The molecule has 0 aliphatic carbocycles. The Balaban J connectivity index is 2.22. The summed E-state index contributed by atoms with van der Waals surface area (Å²) in [5.41, 5.74) is 0.907. The topological polar surface area (TPSA) is 69.2 Å². The SMILES string of the molecule is Cc1cc(N2CC(O)CC2=O)n[nH]1. The first kappa shape index (κ1) is 8.25. The summed E-state index contributed by atoms with van der Waals surface area (Å²) in [7, 11) is 0. The van der Waals surface area contributed by atoms with Crippen LogP contribution in [0.3, 0.4) is 0 Å². The van der Waals surface area contributed by atoms with Gasteiger partial charge in [-0.15, -0.1) is 0 Å². The number of hydrogen-bond donors (Lipinski definition) is 2. The highest BCUT2D eigenvalue weighted by Gasteiger charge is 2.30. The highest BCUT2D eigenvalue weighted by Crippen LogP contribution is 2.19. The van der Waals surface area contributed by atoms with Crippen LogP contribution in [0, 0.1) is 6.92 Å². The number of β-amino-alcohol motifs (C(OH)–C–C–N with tert-alkyl or cyclic N) is 1. The van der Waals surface area contributed by atoms with Crippen molar-refractivity contribution in [2.75, 3.05) is 11.4 Å². The Morgan fingerprint density at radius 3 is 3.00 bits per heavy atom. The molecule has 0 aromatic carbocycles. The van der Waals surface area contributed by atoms with E-state index in [9.17, 15) is 9.90 Å². The maximum absolute atomic E-state index is 11.3. The Kier molecular flexibility index (Phi) is 1.81. The lowest BCUT2D eigenvalue weighted by Crippen LogP contribution is -2.25. The molecule has 1 unspecified atom stereocenters. The van der Waals surface area contributed by atoms with E-state index in [0.29, 0.717) is 12.4 Å². The lowest BCUT2D eigenvalue weighted by Gasteiger charge is -2.10. The summed E-state index contributed by atoms with van der Waals surface area (Å²) in [6.07, 6.45) is -0.351. The molecule has 1 amide bonds. The Hall–Kier alpha value is -1.36. The Bertz CT molecular complexity index is 334. The fraction of sp³-hybridized carbons (Fsp3) is 0.500. The molecule has 0 bridgehead atoms. The van der Waals surface area contributed by atoms with Gasteiger partial charge in [-0.2, -0.15) is 5.10 Å². The van der Waals surface area contributed by atoms with Gasteiger partial charge in [0.15, 0.2) is 5.82 Å². The Morgan fingerprint density at radius 1 is 1.77 bits per heavy atom. The Morgan fingerprint density at radius 2 is 2.54 bits per heavy atom. The highest BCUT2D eigenvalue weighted by molar-refractivity contribution is 5.95. The minimum atomic E-state index is -0.551. The van der Waals surface area contributed by atoms with Crippen LogP contribution in [0.25, 0.3) is 0 Å². The normalized spacial score (nSPS) is 22.8. The second-order valence-corrected chi connectivity index (χ2v) is 3.27. The molecule has 1 aromatic rings. The van der Waals surface area contributed by atoms with Crippen LogP contribution in [0.1, 0.15) is 12.1 Å². The van der Waals surface area contributed by atoms with Crippen molar-refractivity contribution in [1.82, 2.24) is 10.2 Å². The third kappa shape index (κ3) is 1.42. The molecule has 0 radical (unpaired) electrons. The molecule has 0 saturated carbocycles. The van der Waals surface area contributed by atoms with Crippen LogP contribution in [0.15, 0.2) is 6.07 Å². The van der Waals surface area contributed by atoms with Crippen molar-refractivity contribution in [3.63, 3.8) is 0 Å². The number of nitrogens with one attached hydrogen (secondary N) is 1. The number of rotatable bonds is 1. The maximum atomic E-state index is 11.3. The predicted octanol–water partition coefficient (Wildman–Crippen LogP) is -0.184. The van der Waals surface area contributed by atoms with Gasteiger partial charge < -0.3 is 5.11 Å². The second-order valence-electron chi connectivity index (χ2n) is 3.27. The third-order valence-corrected chi connectivity index (χ3v) is 2.07. The summed E-state index contributed by atoms with van der Waals surface area (Å²) >= 11 is 0. The lowest BCUT2D eigenvalue weighted by atomic mass is 10.3. The van der Waals surface area contributed by atoms with E-state index in [1.807, 2.05) is 6.92 Å². The second kappa shape index (κ2) is 2.85. The van der Waals surface area contributed by atoms with Gasteiger partial charge in [-0.05, 0) is 6.92 Å². The number of aliphatic hydroxyl groups is 1. The van der Waals surface area contributed by atoms with Crippen molar-refractivity contribution in [2.24, 2.45) is 0 Å². The summed E-state index contributed by atoms with van der Waals surface area (Å²) in [6, 6.07) is 1.79. The molecule has 70 valence electrons. The van der Waals surface area contributed by atoms with Crippen molar-refractivity contribution in [1.29, 1.82) is 0 Å². The zero-order valence-electron chi connectivity index (χ0n) is 7.32. The molecule has 1 fully saturated rings. The van der Waals surface area contributed by atoms with Crippen LogP contribution in [0.5, 0.6) is 0 Å². The zero-order valence-corrected chi connectivity index (χ0v) is 7.32. The standard InChI is InChI=1S/C8H11N3O2/c1-5-2-7(10-9-5)11-4-6(12)3-8(11)13/h2,6,12H,3-4H2,1H3,(H,9,10). The number of aryl methyl sites for hydroxylation is 1. The quantitative estimate of drug-likeness (QED) is 0.631. The molecule has 5 nitrogen and oxygen atoms in total. The summed E-state index contributed by atoms with van der Waals surface area (Å²) in [4.78, 5) is 12.8. The van der Waals surface area contributed by atoms with Crippen LogP contribution >= 0.6 is 0 Å². The van der Waals surface area contributed by atoms with E-state index in [4.69, 9.17) is 0 Å². The van der Waals surface area contributed by atoms with E-state index in [2.05, 4.69) is 10.2 Å². The minimum Gasteiger partial charge on any atom is -0.391 e.